The SMILES string of the molecule is CCCNC(=O)COC(=O)[C@@H](c1ccccc1)N1CCSCC1. The molecular weight excluding hydrogens is 312 g/mol. The third-order valence-corrected chi connectivity index (χ3v) is 4.61. The molecule has 1 fully saturated rings. The van der Waals surface area contributed by atoms with Crippen LogP contribution >= 0.6 is 11.8 Å². The summed E-state index contributed by atoms with van der Waals surface area (Å²) in [6.07, 6.45) is 0.859. The minimum Gasteiger partial charge on any atom is -0.454 e. The third kappa shape index (κ3) is 5.55. The van der Waals surface area contributed by atoms with Crippen LogP contribution in [0.5, 0.6) is 0 Å². The molecule has 0 aliphatic carbocycles. The highest BCUT2D eigenvalue weighted by Gasteiger charge is 2.30. The Morgan fingerprint density at radius 3 is 2.61 bits per heavy atom. The first-order valence-corrected chi connectivity index (χ1v) is 9.18. The number of benzene rings is 1. The van der Waals surface area contributed by atoms with Crippen molar-refractivity contribution in [1.29, 1.82) is 0 Å². The van der Waals surface area contributed by atoms with Gasteiger partial charge in [0.15, 0.2) is 6.61 Å². The van der Waals surface area contributed by atoms with Crippen molar-refractivity contribution in [2.75, 3.05) is 37.7 Å². The van der Waals surface area contributed by atoms with Crippen molar-refractivity contribution in [3.63, 3.8) is 0 Å². The molecule has 0 saturated carbocycles. The Morgan fingerprint density at radius 2 is 1.96 bits per heavy atom. The van der Waals surface area contributed by atoms with E-state index in [-0.39, 0.29) is 18.5 Å². The Bertz CT molecular complexity index is 504. The van der Waals surface area contributed by atoms with Gasteiger partial charge < -0.3 is 10.1 Å². The van der Waals surface area contributed by atoms with Gasteiger partial charge in [0.2, 0.25) is 0 Å². The van der Waals surface area contributed by atoms with Gasteiger partial charge in [-0.05, 0) is 12.0 Å². The molecule has 0 unspecified atom stereocenters. The number of carbonyl (C=O) groups excluding carboxylic acids is 2. The quantitative estimate of drug-likeness (QED) is 0.770. The van der Waals surface area contributed by atoms with Gasteiger partial charge in [0, 0.05) is 31.1 Å². The van der Waals surface area contributed by atoms with Crippen molar-refractivity contribution in [2.45, 2.75) is 19.4 Å². The Balaban J connectivity index is 2.01. The number of nitrogens with zero attached hydrogens (tertiary/aromatic N) is 1. The summed E-state index contributed by atoms with van der Waals surface area (Å²) in [5.41, 5.74) is 0.915. The number of nitrogens with one attached hydrogen (secondary N) is 1. The lowest BCUT2D eigenvalue weighted by Crippen LogP contribution is -2.41. The monoisotopic (exact) mass is 336 g/mol. The molecule has 0 spiro atoms. The molecule has 5 nitrogen and oxygen atoms in total. The maximum absolute atomic E-state index is 12.6. The minimum atomic E-state index is -0.434. The highest BCUT2D eigenvalue weighted by Crippen LogP contribution is 2.25. The smallest absolute Gasteiger partial charge is 0.328 e. The van der Waals surface area contributed by atoms with E-state index in [2.05, 4.69) is 10.2 Å². The van der Waals surface area contributed by atoms with Crippen molar-refractivity contribution in [3.8, 4) is 0 Å². The maximum Gasteiger partial charge on any atom is 0.328 e. The highest BCUT2D eigenvalue weighted by molar-refractivity contribution is 7.99. The summed E-state index contributed by atoms with van der Waals surface area (Å²) >= 11 is 1.89. The van der Waals surface area contributed by atoms with Crippen molar-refractivity contribution in [3.05, 3.63) is 35.9 Å². The fourth-order valence-electron chi connectivity index (χ4n) is 2.50. The van der Waals surface area contributed by atoms with E-state index in [1.54, 1.807) is 0 Å². The molecule has 1 heterocycles. The van der Waals surface area contributed by atoms with E-state index in [0.29, 0.717) is 6.54 Å². The number of ether oxygens (including phenoxy) is 1. The van der Waals surface area contributed by atoms with Crippen molar-refractivity contribution >= 4 is 23.6 Å². The van der Waals surface area contributed by atoms with E-state index in [1.165, 1.54) is 0 Å². The molecule has 1 aromatic rings. The Hall–Kier alpha value is -1.53. The van der Waals surface area contributed by atoms with Gasteiger partial charge in [-0.25, -0.2) is 4.79 Å². The highest BCUT2D eigenvalue weighted by atomic mass is 32.2. The van der Waals surface area contributed by atoms with Crippen LogP contribution in [0.25, 0.3) is 0 Å². The number of hydrogen-bond acceptors (Lipinski definition) is 5. The van der Waals surface area contributed by atoms with Crippen LogP contribution in [0, 0.1) is 0 Å². The van der Waals surface area contributed by atoms with Crippen LogP contribution in [0.4, 0.5) is 0 Å². The molecule has 1 aliphatic heterocycles. The van der Waals surface area contributed by atoms with E-state index >= 15 is 0 Å². The van der Waals surface area contributed by atoms with Crippen LogP contribution in [0.15, 0.2) is 30.3 Å². The van der Waals surface area contributed by atoms with Gasteiger partial charge in [-0.1, -0.05) is 37.3 Å². The fraction of sp³-hybridized carbons (Fsp3) is 0.529. The largest absolute Gasteiger partial charge is 0.454 e. The standard InChI is InChI=1S/C17H24N2O3S/c1-2-8-18-15(20)13-22-17(21)16(14-6-4-3-5-7-14)19-9-11-23-12-10-19/h3-7,16H,2,8-13H2,1H3,(H,18,20)/t16-/m1/s1. The van der Waals surface area contributed by atoms with Crippen LogP contribution in [0.3, 0.4) is 0 Å². The van der Waals surface area contributed by atoms with Crippen LogP contribution in [-0.2, 0) is 14.3 Å². The molecule has 1 saturated heterocycles. The zero-order valence-corrected chi connectivity index (χ0v) is 14.3. The summed E-state index contributed by atoms with van der Waals surface area (Å²) < 4.78 is 5.27. The van der Waals surface area contributed by atoms with Crippen LogP contribution < -0.4 is 5.32 Å². The van der Waals surface area contributed by atoms with Gasteiger partial charge in [-0.15, -0.1) is 0 Å². The first-order valence-electron chi connectivity index (χ1n) is 8.02. The summed E-state index contributed by atoms with van der Waals surface area (Å²) in [6.45, 7) is 4.06. The van der Waals surface area contributed by atoms with Gasteiger partial charge in [0.25, 0.3) is 5.91 Å². The lowest BCUT2D eigenvalue weighted by atomic mass is 10.1. The molecule has 126 valence electrons. The van der Waals surface area contributed by atoms with Gasteiger partial charge in [-0.3, -0.25) is 9.69 Å². The van der Waals surface area contributed by atoms with Crippen molar-refractivity contribution in [2.24, 2.45) is 0 Å². The first-order chi connectivity index (χ1) is 11.2. The average molecular weight is 336 g/mol. The molecule has 2 rings (SSSR count). The van der Waals surface area contributed by atoms with Crippen LogP contribution in [0.1, 0.15) is 24.9 Å². The third-order valence-electron chi connectivity index (χ3n) is 3.67. The zero-order valence-electron chi connectivity index (χ0n) is 13.5. The van der Waals surface area contributed by atoms with E-state index in [9.17, 15) is 9.59 Å². The molecule has 1 amide bonds. The van der Waals surface area contributed by atoms with Crippen LogP contribution in [0.2, 0.25) is 0 Å². The second-order valence-electron chi connectivity index (χ2n) is 5.42. The lowest BCUT2D eigenvalue weighted by molar-refractivity contribution is -0.154. The molecule has 0 bridgehead atoms. The second kappa shape index (κ2) is 9.57. The predicted octanol–water partition coefficient (Wildman–Crippen LogP) is 1.85. The summed E-state index contributed by atoms with van der Waals surface area (Å²) in [7, 11) is 0. The predicted molar refractivity (Wildman–Crippen MR) is 92.3 cm³/mol. The lowest BCUT2D eigenvalue weighted by Gasteiger charge is -2.33. The molecule has 6 heteroatoms. The summed E-state index contributed by atoms with van der Waals surface area (Å²) in [5, 5.41) is 2.71. The summed E-state index contributed by atoms with van der Waals surface area (Å²) in [4.78, 5) is 26.3. The molecule has 0 aromatic heterocycles. The van der Waals surface area contributed by atoms with Crippen LogP contribution in [-0.4, -0.2) is 54.5 Å². The number of amides is 1. The second-order valence-corrected chi connectivity index (χ2v) is 6.64. The van der Waals surface area contributed by atoms with Crippen molar-refractivity contribution in [1.82, 2.24) is 10.2 Å². The van der Waals surface area contributed by atoms with Gasteiger partial charge in [0.1, 0.15) is 6.04 Å². The fourth-order valence-corrected chi connectivity index (χ4v) is 3.43. The molecule has 1 aliphatic rings. The number of hydrogen-bond donors (Lipinski definition) is 1. The van der Waals surface area contributed by atoms with Gasteiger partial charge in [0.05, 0.1) is 0 Å². The van der Waals surface area contributed by atoms with Gasteiger partial charge in [-0.2, -0.15) is 11.8 Å². The van der Waals surface area contributed by atoms with E-state index in [4.69, 9.17) is 4.74 Å². The van der Waals surface area contributed by atoms with Crippen molar-refractivity contribution < 1.29 is 14.3 Å². The topological polar surface area (TPSA) is 58.6 Å². The summed E-state index contributed by atoms with van der Waals surface area (Å²) in [5.74, 6) is 1.41. The minimum absolute atomic E-state index is 0.218. The molecular formula is C17H24N2O3S. The Kier molecular flexibility index (Phi) is 7.42. The number of rotatable bonds is 7. The summed E-state index contributed by atoms with van der Waals surface area (Å²) in [6, 6.07) is 9.20. The number of esters is 1. The number of thioether (sulfide) groups is 1. The normalized spacial score (nSPS) is 16.6. The van der Waals surface area contributed by atoms with Gasteiger partial charge >= 0.3 is 5.97 Å². The van der Waals surface area contributed by atoms with E-state index in [0.717, 1.165) is 36.6 Å². The maximum atomic E-state index is 12.6. The zero-order chi connectivity index (χ0) is 16.5. The molecule has 1 aromatic carbocycles. The Labute approximate surface area is 141 Å². The Morgan fingerprint density at radius 1 is 1.26 bits per heavy atom. The molecule has 1 N–H and O–H groups in total. The van der Waals surface area contributed by atoms with E-state index in [1.807, 2.05) is 49.0 Å². The molecule has 0 radical (unpaired) electrons. The molecule has 23 heavy (non-hydrogen) atoms. The first kappa shape index (κ1) is 17.8. The van der Waals surface area contributed by atoms with E-state index < -0.39 is 6.04 Å². The number of carbonyl (C=O) groups is 2. The average Bonchev–Trinajstić information content (AvgIpc) is 2.60. The molecule has 1 atom stereocenters.